The fourth-order valence-electron chi connectivity index (χ4n) is 3.33. The molecule has 2 heterocycles. The first-order valence-electron chi connectivity index (χ1n) is 9.03. The van der Waals surface area contributed by atoms with Crippen molar-refractivity contribution in [2.75, 3.05) is 19.0 Å². The minimum absolute atomic E-state index is 0.0884. The van der Waals surface area contributed by atoms with Gasteiger partial charge in [-0.05, 0) is 40.6 Å². The summed E-state index contributed by atoms with van der Waals surface area (Å²) in [6, 6.07) is 15.3. The van der Waals surface area contributed by atoms with Gasteiger partial charge in [-0.25, -0.2) is 0 Å². The number of amides is 1. The molecule has 0 saturated carbocycles. The maximum absolute atomic E-state index is 12.7. The molecule has 0 atom stereocenters. The van der Waals surface area contributed by atoms with Gasteiger partial charge in [-0.3, -0.25) is 9.59 Å². The predicted octanol–water partition coefficient (Wildman–Crippen LogP) is 4.04. The van der Waals surface area contributed by atoms with E-state index in [0.29, 0.717) is 30.6 Å². The van der Waals surface area contributed by atoms with Crippen LogP contribution in [0.4, 0.5) is 5.69 Å². The molecule has 0 unspecified atom stereocenters. The lowest BCUT2D eigenvalue weighted by Crippen LogP contribution is -2.22. The van der Waals surface area contributed by atoms with E-state index in [1.165, 1.54) is 4.70 Å². The third-order valence-electron chi connectivity index (χ3n) is 4.74. The highest BCUT2D eigenvalue weighted by atomic mass is 32.1. The van der Waals surface area contributed by atoms with E-state index in [4.69, 9.17) is 4.74 Å². The van der Waals surface area contributed by atoms with Crippen molar-refractivity contribution >= 4 is 43.8 Å². The van der Waals surface area contributed by atoms with Crippen LogP contribution in [0.1, 0.15) is 5.56 Å². The summed E-state index contributed by atoms with van der Waals surface area (Å²) in [5.41, 5.74) is 1.58. The Hall–Kier alpha value is -2.96. The number of anilines is 1. The number of carbonyl (C=O) groups excluding carboxylic acids is 1. The Labute approximate surface area is 166 Å². The molecule has 5 nitrogen and oxygen atoms in total. The zero-order valence-corrected chi connectivity index (χ0v) is 16.3. The van der Waals surface area contributed by atoms with Crippen molar-refractivity contribution in [2.24, 2.45) is 0 Å². The highest BCUT2D eigenvalue weighted by molar-refractivity contribution is 7.17. The lowest BCUT2D eigenvalue weighted by Gasteiger charge is -2.11. The molecule has 0 bridgehead atoms. The number of fused-ring (bicyclic) bond motifs is 2. The van der Waals surface area contributed by atoms with Gasteiger partial charge in [-0.1, -0.05) is 24.3 Å². The molecule has 0 spiro atoms. The van der Waals surface area contributed by atoms with Gasteiger partial charge in [0, 0.05) is 41.0 Å². The summed E-state index contributed by atoms with van der Waals surface area (Å²) in [5, 5.41) is 7.43. The summed E-state index contributed by atoms with van der Waals surface area (Å²) in [7, 11) is 1.61. The lowest BCUT2D eigenvalue weighted by atomic mass is 10.1. The standard InChI is InChI=1S/C22H20N2O3S/c1-27-12-11-24-10-9-17-18(22(24)26)6-4-7-19(17)23-21(25)13-15-14-28-20-8-3-2-5-16(15)20/h2-10,14H,11-13H2,1H3,(H,23,25). The van der Waals surface area contributed by atoms with Crippen LogP contribution in [0.25, 0.3) is 20.9 Å². The molecule has 1 amide bonds. The molecule has 0 aliphatic carbocycles. The molecule has 28 heavy (non-hydrogen) atoms. The van der Waals surface area contributed by atoms with Crippen molar-refractivity contribution in [2.45, 2.75) is 13.0 Å². The summed E-state index contributed by atoms with van der Waals surface area (Å²) in [4.78, 5) is 25.3. The van der Waals surface area contributed by atoms with E-state index in [2.05, 4.69) is 11.4 Å². The quantitative estimate of drug-likeness (QED) is 0.539. The van der Waals surface area contributed by atoms with E-state index in [0.717, 1.165) is 16.3 Å². The van der Waals surface area contributed by atoms with Crippen molar-refractivity contribution in [3.63, 3.8) is 0 Å². The number of benzene rings is 2. The van der Waals surface area contributed by atoms with Crippen LogP contribution in [0.2, 0.25) is 0 Å². The molecule has 142 valence electrons. The fourth-order valence-corrected chi connectivity index (χ4v) is 4.29. The largest absolute Gasteiger partial charge is 0.383 e. The second-order valence-electron chi connectivity index (χ2n) is 6.56. The Balaban J connectivity index is 1.59. The number of nitrogens with zero attached hydrogens (tertiary/aromatic N) is 1. The molecule has 0 radical (unpaired) electrons. The minimum Gasteiger partial charge on any atom is -0.383 e. The Morgan fingerprint density at radius 2 is 1.89 bits per heavy atom. The normalized spacial score (nSPS) is 11.2. The van der Waals surface area contributed by atoms with Crippen LogP contribution in [-0.2, 0) is 22.5 Å². The van der Waals surface area contributed by atoms with Gasteiger partial charge in [0.25, 0.3) is 5.56 Å². The molecule has 4 aromatic rings. The zero-order chi connectivity index (χ0) is 19.5. The predicted molar refractivity (Wildman–Crippen MR) is 114 cm³/mol. The molecule has 2 aromatic heterocycles. The number of thiophene rings is 1. The van der Waals surface area contributed by atoms with Gasteiger partial charge >= 0.3 is 0 Å². The Bertz CT molecular complexity index is 1210. The highest BCUT2D eigenvalue weighted by Crippen LogP contribution is 2.27. The first-order valence-corrected chi connectivity index (χ1v) is 9.91. The van der Waals surface area contributed by atoms with E-state index in [1.807, 2.05) is 35.7 Å². The molecule has 0 aliphatic rings. The average molecular weight is 392 g/mol. The van der Waals surface area contributed by atoms with Crippen LogP contribution in [0, 0.1) is 0 Å². The maximum atomic E-state index is 12.7. The van der Waals surface area contributed by atoms with Gasteiger partial charge in [0.15, 0.2) is 0 Å². The van der Waals surface area contributed by atoms with Crippen molar-refractivity contribution in [1.82, 2.24) is 4.57 Å². The first-order chi connectivity index (χ1) is 13.7. The molecule has 1 N–H and O–H groups in total. The summed E-state index contributed by atoms with van der Waals surface area (Å²) < 4.78 is 7.85. The zero-order valence-electron chi connectivity index (χ0n) is 15.5. The number of pyridine rings is 1. The van der Waals surface area contributed by atoms with E-state index in [-0.39, 0.29) is 11.5 Å². The summed E-state index contributed by atoms with van der Waals surface area (Å²) >= 11 is 1.64. The third-order valence-corrected chi connectivity index (χ3v) is 5.75. The maximum Gasteiger partial charge on any atom is 0.258 e. The molecule has 0 saturated heterocycles. The molecule has 4 rings (SSSR count). The summed E-state index contributed by atoms with van der Waals surface area (Å²) in [6.45, 7) is 0.962. The minimum atomic E-state index is -0.0976. The fraction of sp³-hybridized carbons (Fsp3) is 0.182. The Morgan fingerprint density at radius 1 is 1.07 bits per heavy atom. The van der Waals surface area contributed by atoms with E-state index in [1.54, 1.807) is 41.3 Å². The number of carbonyl (C=O) groups is 1. The van der Waals surface area contributed by atoms with Crippen molar-refractivity contribution in [3.8, 4) is 0 Å². The number of ether oxygens (including phenoxy) is 1. The highest BCUT2D eigenvalue weighted by Gasteiger charge is 2.12. The molecule has 0 fully saturated rings. The Kier molecular flexibility index (Phi) is 5.23. The number of nitrogens with one attached hydrogen (secondary N) is 1. The second-order valence-corrected chi connectivity index (χ2v) is 7.47. The van der Waals surface area contributed by atoms with Gasteiger partial charge in [0.2, 0.25) is 5.91 Å². The number of rotatable bonds is 6. The van der Waals surface area contributed by atoms with Crippen molar-refractivity contribution < 1.29 is 9.53 Å². The van der Waals surface area contributed by atoms with Crippen LogP contribution in [0.3, 0.4) is 0 Å². The lowest BCUT2D eigenvalue weighted by molar-refractivity contribution is -0.115. The van der Waals surface area contributed by atoms with Gasteiger partial charge in [0.05, 0.1) is 13.0 Å². The number of hydrogen-bond acceptors (Lipinski definition) is 4. The van der Waals surface area contributed by atoms with Crippen LogP contribution in [-0.4, -0.2) is 24.2 Å². The first kappa shape index (κ1) is 18.4. The molecule has 2 aromatic carbocycles. The van der Waals surface area contributed by atoms with Crippen molar-refractivity contribution in [3.05, 3.63) is 76.0 Å². The van der Waals surface area contributed by atoms with E-state index >= 15 is 0 Å². The SMILES string of the molecule is COCCn1ccc2c(NC(=O)Cc3csc4ccccc34)cccc2c1=O. The number of methoxy groups -OCH3 is 1. The summed E-state index contributed by atoms with van der Waals surface area (Å²) in [5.74, 6) is -0.0976. The second kappa shape index (κ2) is 7.96. The summed E-state index contributed by atoms with van der Waals surface area (Å²) in [6.07, 6.45) is 2.04. The number of hydrogen-bond donors (Lipinski definition) is 1. The third kappa shape index (κ3) is 3.56. The monoisotopic (exact) mass is 392 g/mol. The Morgan fingerprint density at radius 3 is 2.75 bits per heavy atom. The molecular weight excluding hydrogens is 372 g/mol. The number of aromatic nitrogens is 1. The van der Waals surface area contributed by atoms with E-state index in [9.17, 15) is 9.59 Å². The molecular formula is C22H20N2O3S. The average Bonchev–Trinajstić information content (AvgIpc) is 3.11. The topological polar surface area (TPSA) is 60.3 Å². The molecule has 6 heteroatoms. The van der Waals surface area contributed by atoms with E-state index < -0.39 is 0 Å². The van der Waals surface area contributed by atoms with Crippen molar-refractivity contribution in [1.29, 1.82) is 0 Å². The van der Waals surface area contributed by atoms with Crippen LogP contribution in [0.5, 0.6) is 0 Å². The van der Waals surface area contributed by atoms with Gasteiger partial charge < -0.3 is 14.6 Å². The van der Waals surface area contributed by atoms with Gasteiger partial charge in [0.1, 0.15) is 0 Å². The van der Waals surface area contributed by atoms with Crippen LogP contribution < -0.4 is 10.9 Å². The molecule has 0 aliphatic heterocycles. The smallest absolute Gasteiger partial charge is 0.258 e. The van der Waals surface area contributed by atoms with Gasteiger partial charge in [-0.2, -0.15) is 0 Å². The van der Waals surface area contributed by atoms with Gasteiger partial charge in [-0.15, -0.1) is 11.3 Å². The van der Waals surface area contributed by atoms with Crippen LogP contribution >= 0.6 is 11.3 Å². The van der Waals surface area contributed by atoms with Crippen LogP contribution in [0.15, 0.2) is 64.9 Å².